The van der Waals surface area contributed by atoms with E-state index in [4.69, 9.17) is 4.74 Å². The summed E-state index contributed by atoms with van der Waals surface area (Å²) in [5, 5.41) is 6.72. The number of hydrogen-bond acceptors (Lipinski definition) is 2. The van der Waals surface area contributed by atoms with Crippen LogP contribution in [0.25, 0.3) is 0 Å². The van der Waals surface area contributed by atoms with E-state index in [-0.39, 0.29) is 24.0 Å². The summed E-state index contributed by atoms with van der Waals surface area (Å²) in [6.45, 7) is 5.66. The van der Waals surface area contributed by atoms with E-state index in [2.05, 4.69) is 46.8 Å². The van der Waals surface area contributed by atoms with Gasteiger partial charge in [-0.15, -0.1) is 24.0 Å². The van der Waals surface area contributed by atoms with Gasteiger partial charge in [0.25, 0.3) is 0 Å². The predicted molar refractivity (Wildman–Crippen MR) is 108 cm³/mol. The van der Waals surface area contributed by atoms with Crippen molar-refractivity contribution in [3.8, 4) is 0 Å². The summed E-state index contributed by atoms with van der Waals surface area (Å²) in [4.78, 5) is 4.27. The Morgan fingerprint density at radius 2 is 1.96 bits per heavy atom. The molecule has 2 rings (SSSR count). The first-order valence-electron chi connectivity index (χ1n) is 8.42. The lowest BCUT2D eigenvalue weighted by atomic mass is 10.1. The molecular formula is C18H30IN3O. The highest BCUT2D eigenvalue weighted by Gasteiger charge is 2.20. The molecule has 0 heterocycles. The van der Waals surface area contributed by atoms with E-state index in [0.29, 0.717) is 0 Å². The van der Waals surface area contributed by atoms with Crippen molar-refractivity contribution in [3.63, 3.8) is 0 Å². The quantitative estimate of drug-likeness (QED) is 0.273. The maximum Gasteiger partial charge on any atom is 0.191 e. The predicted octanol–water partition coefficient (Wildman–Crippen LogP) is 3.35. The number of hydrogen-bond donors (Lipinski definition) is 2. The molecular weight excluding hydrogens is 401 g/mol. The van der Waals surface area contributed by atoms with Gasteiger partial charge in [-0.25, -0.2) is 0 Å². The van der Waals surface area contributed by atoms with Crippen LogP contribution in [0.2, 0.25) is 0 Å². The van der Waals surface area contributed by atoms with Gasteiger partial charge in [0.05, 0.1) is 0 Å². The number of aryl methyl sites for hydroxylation is 1. The minimum atomic E-state index is 0. The Morgan fingerprint density at radius 3 is 2.61 bits per heavy atom. The van der Waals surface area contributed by atoms with Crippen LogP contribution in [-0.4, -0.2) is 32.8 Å². The highest BCUT2D eigenvalue weighted by Crippen LogP contribution is 2.28. The van der Waals surface area contributed by atoms with Crippen LogP contribution >= 0.6 is 24.0 Å². The Hall–Kier alpha value is -0.820. The van der Waals surface area contributed by atoms with E-state index < -0.39 is 0 Å². The van der Waals surface area contributed by atoms with Crippen LogP contribution in [0.3, 0.4) is 0 Å². The summed E-state index contributed by atoms with van der Waals surface area (Å²) in [6.07, 6.45) is 4.78. The number of nitrogens with zero attached hydrogens (tertiary/aromatic N) is 1. The van der Waals surface area contributed by atoms with E-state index in [9.17, 15) is 0 Å². The average Bonchev–Trinajstić information content (AvgIpc) is 3.38. The van der Waals surface area contributed by atoms with E-state index in [1.165, 1.54) is 24.0 Å². The van der Waals surface area contributed by atoms with Crippen molar-refractivity contribution in [2.45, 2.75) is 39.2 Å². The number of aliphatic imine (C=N–C) groups is 1. The fraction of sp³-hybridized carbons (Fsp3) is 0.611. The summed E-state index contributed by atoms with van der Waals surface area (Å²) in [5.74, 6) is 1.70. The Labute approximate surface area is 157 Å². The molecule has 23 heavy (non-hydrogen) atoms. The molecule has 1 fully saturated rings. The first-order chi connectivity index (χ1) is 10.8. The second-order valence-corrected chi connectivity index (χ2v) is 5.85. The van der Waals surface area contributed by atoms with Crippen LogP contribution < -0.4 is 10.6 Å². The first kappa shape index (κ1) is 20.2. The molecule has 1 aliphatic carbocycles. The molecule has 0 radical (unpaired) electrons. The number of nitrogens with one attached hydrogen (secondary N) is 2. The third-order valence-electron chi connectivity index (χ3n) is 3.98. The number of halogens is 1. The van der Waals surface area contributed by atoms with Crippen molar-refractivity contribution < 1.29 is 4.74 Å². The largest absolute Gasteiger partial charge is 0.381 e. The standard InChI is InChI=1S/C18H29N3O.HI/c1-3-16-7-4-5-8-17(16)13-21-18(19-2)20-11-6-12-22-14-15-9-10-15;/h4-5,7-8,15H,3,6,9-14H2,1-2H3,(H2,19,20,21);1H. The zero-order chi connectivity index (χ0) is 15.6. The summed E-state index contributed by atoms with van der Waals surface area (Å²) in [7, 11) is 1.81. The molecule has 130 valence electrons. The van der Waals surface area contributed by atoms with Crippen LogP contribution in [-0.2, 0) is 17.7 Å². The van der Waals surface area contributed by atoms with Crippen molar-refractivity contribution in [1.82, 2.24) is 10.6 Å². The number of guanidine groups is 1. The lowest BCUT2D eigenvalue weighted by Crippen LogP contribution is -2.37. The molecule has 4 nitrogen and oxygen atoms in total. The zero-order valence-electron chi connectivity index (χ0n) is 14.3. The first-order valence-corrected chi connectivity index (χ1v) is 8.42. The van der Waals surface area contributed by atoms with Gasteiger partial charge in [-0.2, -0.15) is 0 Å². The van der Waals surface area contributed by atoms with Crippen molar-refractivity contribution in [2.75, 3.05) is 26.8 Å². The summed E-state index contributed by atoms with van der Waals surface area (Å²) >= 11 is 0. The lowest BCUT2D eigenvalue weighted by molar-refractivity contribution is 0.123. The molecule has 1 aliphatic rings. The van der Waals surface area contributed by atoms with Crippen molar-refractivity contribution in [2.24, 2.45) is 10.9 Å². The molecule has 0 atom stereocenters. The molecule has 0 amide bonds. The molecule has 1 aromatic carbocycles. The van der Waals surface area contributed by atoms with Gasteiger partial charge >= 0.3 is 0 Å². The molecule has 0 bridgehead atoms. The molecule has 0 aromatic heterocycles. The normalized spacial score (nSPS) is 14.3. The van der Waals surface area contributed by atoms with Crippen LogP contribution in [0.5, 0.6) is 0 Å². The van der Waals surface area contributed by atoms with Gasteiger partial charge in [0, 0.05) is 33.4 Å². The molecule has 0 unspecified atom stereocenters. The van der Waals surface area contributed by atoms with E-state index in [1.54, 1.807) is 0 Å². The molecule has 1 aromatic rings. The Balaban J connectivity index is 0.00000264. The van der Waals surface area contributed by atoms with Gasteiger partial charge in [0.1, 0.15) is 0 Å². The van der Waals surface area contributed by atoms with Gasteiger partial charge < -0.3 is 15.4 Å². The Morgan fingerprint density at radius 1 is 1.22 bits per heavy atom. The molecule has 0 aliphatic heterocycles. The number of benzene rings is 1. The highest BCUT2D eigenvalue weighted by atomic mass is 127. The summed E-state index contributed by atoms with van der Waals surface area (Å²) < 4.78 is 5.63. The zero-order valence-corrected chi connectivity index (χ0v) is 16.6. The Bertz CT molecular complexity index is 475. The third kappa shape index (κ3) is 8.01. The molecule has 2 N–H and O–H groups in total. The number of ether oxygens (including phenoxy) is 1. The third-order valence-corrected chi connectivity index (χ3v) is 3.98. The van der Waals surface area contributed by atoms with Crippen molar-refractivity contribution >= 4 is 29.9 Å². The SMILES string of the molecule is CCc1ccccc1CNC(=NC)NCCCOCC1CC1.I. The van der Waals surface area contributed by atoms with Crippen LogP contribution in [0.1, 0.15) is 37.3 Å². The van der Waals surface area contributed by atoms with E-state index in [0.717, 1.165) is 51.0 Å². The smallest absolute Gasteiger partial charge is 0.191 e. The monoisotopic (exact) mass is 431 g/mol. The molecule has 5 heteroatoms. The second kappa shape index (κ2) is 11.7. The van der Waals surface area contributed by atoms with Crippen LogP contribution in [0.15, 0.2) is 29.3 Å². The summed E-state index contributed by atoms with van der Waals surface area (Å²) in [6, 6.07) is 8.54. The average molecular weight is 431 g/mol. The van der Waals surface area contributed by atoms with Gasteiger partial charge in [-0.05, 0) is 42.7 Å². The number of rotatable bonds is 9. The summed E-state index contributed by atoms with van der Waals surface area (Å²) in [5.41, 5.74) is 2.72. The van der Waals surface area contributed by atoms with Crippen molar-refractivity contribution in [1.29, 1.82) is 0 Å². The second-order valence-electron chi connectivity index (χ2n) is 5.85. The van der Waals surface area contributed by atoms with Gasteiger partial charge in [-0.3, -0.25) is 4.99 Å². The Kier molecular flexibility index (Phi) is 10.3. The fourth-order valence-corrected chi connectivity index (χ4v) is 2.39. The molecule has 0 saturated heterocycles. The van der Waals surface area contributed by atoms with E-state index in [1.807, 2.05) is 7.05 Å². The lowest BCUT2D eigenvalue weighted by Gasteiger charge is -2.13. The van der Waals surface area contributed by atoms with Gasteiger partial charge in [0.2, 0.25) is 0 Å². The maximum absolute atomic E-state index is 5.63. The highest BCUT2D eigenvalue weighted by molar-refractivity contribution is 14.0. The van der Waals surface area contributed by atoms with E-state index >= 15 is 0 Å². The maximum atomic E-state index is 5.63. The van der Waals surface area contributed by atoms with Gasteiger partial charge in [-0.1, -0.05) is 31.2 Å². The minimum Gasteiger partial charge on any atom is -0.381 e. The van der Waals surface area contributed by atoms with Crippen LogP contribution in [0, 0.1) is 5.92 Å². The minimum absolute atomic E-state index is 0. The topological polar surface area (TPSA) is 45.7 Å². The molecule has 1 saturated carbocycles. The van der Waals surface area contributed by atoms with Crippen LogP contribution in [0.4, 0.5) is 0 Å². The molecule has 0 spiro atoms. The van der Waals surface area contributed by atoms with Gasteiger partial charge in [0.15, 0.2) is 5.96 Å². The van der Waals surface area contributed by atoms with Crippen molar-refractivity contribution in [3.05, 3.63) is 35.4 Å². The fourth-order valence-electron chi connectivity index (χ4n) is 2.39.